The quantitative estimate of drug-likeness (QED) is 0.370. The molecular weight excluding hydrogens is 316 g/mol. The monoisotopic (exact) mass is 354 g/mol. The lowest BCUT2D eigenvalue weighted by atomic mass is 9.92. The fraction of sp³-hybridized carbons (Fsp3) is 0.905. The fourth-order valence-electron chi connectivity index (χ4n) is 3.56. The van der Waals surface area contributed by atoms with Crippen molar-refractivity contribution >= 4 is 11.8 Å². The van der Waals surface area contributed by atoms with E-state index >= 15 is 0 Å². The number of Topliss-reactive ketones (excluding diaryl/α,β-unsaturated/α-hetero) is 1. The van der Waals surface area contributed by atoms with Gasteiger partial charge in [0.1, 0.15) is 5.78 Å². The molecule has 4 nitrogen and oxygen atoms in total. The van der Waals surface area contributed by atoms with Gasteiger partial charge in [-0.2, -0.15) is 0 Å². The summed E-state index contributed by atoms with van der Waals surface area (Å²) in [5, 5.41) is 8.56. The van der Waals surface area contributed by atoms with Gasteiger partial charge in [-0.1, -0.05) is 57.8 Å². The van der Waals surface area contributed by atoms with E-state index in [1.54, 1.807) is 0 Å². The van der Waals surface area contributed by atoms with Gasteiger partial charge in [-0.3, -0.25) is 9.59 Å². The van der Waals surface area contributed by atoms with E-state index in [0.717, 1.165) is 58.2 Å². The summed E-state index contributed by atoms with van der Waals surface area (Å²) in [6, 6.07) is 0. The van der Waals surface area contributed by atoms with Crippen molar-refractivity contribution in [3.63, 3.8) is 0 Å². The number of hydrogen-bond donors (Lipinski definition) is 1. The molecule has 0 aromatic rings. The van der Waals surface area contributed by atoms with Crippen LogP contribution in [0.1, 0.15) is 103 Å². The van der Waals surface area contributed by atoms with Crippen molar-refractivity contribution in [1.29, 1.82) is 0 Å². The van der Waals surface area contributed by atoms with Gasteiger partial charge >= 0.3 is 5.97 Å². The van der Waals surface area contributed by atoms with Gasteiger partial charge in [0.25, 0.3) is 0 Å². The summed E-state index contributed by atoms with van der Waals surface area (Å²) in [5.41, 5.74) is 0. The number of hydrogen-bond acceptors (Lipinski definition) is 3. The smallest absolute Gasteiger partial charge is 0.303 e. The van der Waals surface area contributed by atoms with Crippen molar-refractivity contribution in [2.75, 3.05) is 13.2 Å². The highest BCUT2D eigenvalue weighted by molar-refractivity contribution is 5.78. The highest BCUT2D eigenvalue weighted by Gasteiger charge is 2.16. The molecule has 1 saturated heterocycles. The average molecular weight is 355 g/mol. The third kappa shape index (κ3) is 14.0. The molecule has 0 spiro atoms. The molecule has 1 heterocycles. The van der Waals surface area contributed by atoms with Crippen molar-refractivity contribution in [1.82, 2.24) is 0 Å². The van der Waals surface area contributed by atoms with Gasteiger partial charge in [-0.25, -0.2) is 0 Å². The first-order chi connectivity index (χ1) is 12.2. The second-order valence-corrected chi connectivity index (χ2v) is 7.58. The van der Waals surface area contributed by atoms with E-state index < -0.39 is 5.97 Å². The second kappa shape index (κ2) is 15.4. The lowest BCUT2D eigenvalue weighted by Crippen LogP contribution is -2.18. The van der Waals surface area contributed by atoms with Crippen LogP contribution < -0.4 is 0 Å². The molecule has 4 heteroatoms. The summed E-state index contributed by atoms with van der Waals surface area (Å²) in [5.74, 6) is 0.352. The molecule has 1 N–H and O–H groups in total. The maximum Gasteiger partial charge on any atom is 0.303 e. The molecule has 1 aliphatic heterocycles. The predicted octanol–water partition coefficient (Wildman–Crippen LogP) is 5.53. The number of carboxylic acids is 1. The Morgan fingerprint density at radius 2 is 1.16 bits per heavy atom. The van der Waals surface area contributed by atoms with Crippen molar-refractivity contribution in [2.24, 2.45) is 5.92 Å². The lowest BCUT2D eigenvalue weighted by molar-refractivity contribution is -0.137. The van der Waals surface area contributed by atoms with E-state index in [0.29, 0.717) is 18.1 Å². The van der Waals surface area contributed by atoms with Gasteiger partial charge in [0.2, 0.25) is 0 Å². The number of ketones is 1. The van der Waals surface area contributed by atoms with Gasteiger partial charge in [0.05, 0.1) is 0 Å². The molecule has 146 valence electrons. The summed E-state index contributed by atoms with van der Waals surface area (Å²) < 4.78 is 5.33. The summed E-state index contributed by atoms with van der Waals surface area (Å²) in [6.07, 6.45) is 16.9. The van der Waals surface area contributed by atoms with E-state index in [1.165, 1.54) is 51.4 Å². The molecule has 0 unspecified atom stereocenters. The van der Waals surface area contributed by atoms with Crippen molar-refractivity contribution in [2.45, 2.75) is 103 Å². The van der Waals surface area contributed by atoms with Crippen LogP contribution >= 0.6 is 0 Å². The van der Waals surface area contributed by atoms with Crippen molar-refractivity contribution < 1.29 is 19.4 Å². The minimum absolute atomic E-state index is 0.317. The van der Waals surface area contributed by atoms with Gasteiger partial charge in [-0.05, 0) is 31.6 Å². The first-order valence-electron chi connectivity index (χ1n) is 10.5. The van der Waals surface area contributed by atoms with E-state index in [1.807, 2.05) is 0 Å². The van der Waals surface area contributed by atoms with E-state index in [2.05, 4.69) is 0 Å². The number of carbonyl (C=O) groups is 2. The number of aliphatic carboxylic acids is 1. The molecule has 0 atom stereocenters. The van der Waals surface area contributed by atoms with Crippen LogP contribution in [-0.2, 0) is 14.3 Å². The minimum atomic E-state index is -0.676. The molecule has 0 aromatic heterocycles. The topological polar surface area (TPSA) is 63.6 Å². The van der Waals surface area contributed by atoms with Crippen LogP contribution in [0.3, 0.4) is 0 Å². The molecular formula is C21H38O4. The van der Waals surface area contributed by atoms with Crippen LogP contribution in [0.2, 0.25) is 0 Å². The van der Waals surface area contributed by atoms with Gasteiger partial charge in [0.15, 0.2) is 0 Å². The lowest BCUT2D eigenvalue weighted by Gasteiger charge is -2.21. The van der Waals surface area contributed by atoms with Crippen LogP contribution in [0.25, 0.3) is 0 Å². The van der Waals surface area contributed by atoms with Crippen LogP contribution in [-0.4, -0.2) is 30.1 Å². The molecule has 0 bridgehead atoms. The highest BCUT2D eigenvalue weighted by atomic mass is 16.5. The molecule has 0 amide bonds. The summed E-state index contributed by atoms with van der Waals surface area (Å²) in [6.45, 7) is 1.67. The number of carbonyl (C=O) groups excluding carboxylic acids is 1. The molecule has 0 radical (unpaired) electrons. The SMILES string of the molecule is O=C(O)CCCCCCCCCCCCCC(=O)CC1CCOCC1. The Hall–Kier alpha value is -0.900. The summed E-state index contributed by atoms with van der Waals surface area (Å²) >= 11 is 0. The molecule has 1 fully saturated rings. The van der Waals surface area contributed by atoms with E-state index in [9.17, 15) is 9.59 Å². The van der Waals surface area contributed by atoms with Crippen LogP contribution in [0.5, 0.6) is 0 Å². The Balaban J connectivity index is 1.76. The minimum Gasteiger partial charge on any atom is -0.481 e. The van der Waals surface area contributed by atoms with Crippen molar-refractivity contribution in [3.8, 4) is 0 Å². The Labute approximate surface area is 153 Å². The molecule has 25 heavy (non-hydrogen) atoms. The number of rotatable bonds is 16. The molecule has 1 aliphatic rings. The normalized spacial score (nSPS) is 15.4. The molecule has 1 rings (SSSR count). The van der Waals surface area contributed by atoms with Crippen molar-refractivity contribution in [3.05, 3.63) is 0 Å². The Morgan fingerprint density at radius 1 is 0.720 bits per heavy atom. The fourth-order valence-corrected chi connectivity index (χ4v) is 3.56. The zero-order valence-electron chi connectivity index (χ0n) is 16.0. The zero-order chi connectivity index (χ0) is 18.2. The Morgan fingerprint density at radius 3 is 1.64 bits per heavy atom. The molecule has 0 aromatic carbocycles. The molecule has 0 aliphatic carbocycles. The second-order valence-electron chi connectivity index (χ2n) is 7.58. The standard InChI is InChI=1S/C21H38O4/c22-20(18-19-14-16-25-17-15-19)12-10-8-6-4-2-1-3-5-7-9-11-13-21(23)24/h19H,1-18H2,(H,23,24). The first kappa shape index (κ1) is 22.1. The Kier molecular flexibility index (Phi) is 13.6. The van der Waals surface area contributed by atoms with Gasteiger partial charge in [0, 0.05) is 32.5 Å². The third-order valence-electron chi connectivity index (χ3n) is 5.20. The predicted molar refractivity (Wildman–Crippen MR) is 101 cm³/mol. The van der Waals surface area contributed by atoms with Gasteiger partial charge < -0.3 is 9.84 Å². The molecule has 0 saturated carbocycles. The van der Waals surface area contributed by atoms with E-state index in [-0.39, 0.29) is 0 Å². The Bertz CT molecular complexity index is 348. The first-order valence-corrected chi connectivity index (χ1v) is 10.5. The number of ether oxygens (including phenoxy) is 1. The average Bonchev–Trinajstić information content (AvgIpc) is 2.59. The van der Waals surface area contributed by atoms with E-state index in [4.69, 9.17) is 9.84 Å². The van der Waals surface area contributed by atoms with Gasteiger partial charge in [-0.15, -0.1) is 0 Å². The summed E-state index contributed by atoms with van der Waals surface area (Å²) in [7, 11) is 0. The maximum absolute atomic E-state index is 12.0. The van der Waals surface area contributed by atoms with Crippen LogP contribution in [0, 0.1) is 5.92 Å². The van der Waals surface area contributed by atoms with Crippen LogP contribution in [0.4, 0.5) is 0 Å². The maximum atomic E-state index is 12.0. The summed E-state index contributed by atoms with van der Waals surface area (Å²) in [4.78, 5) is 22.3. The largest absolute Gasteiger partial charge is 0.481 e. The zero-order valence-corrected chi connectivity index (χ0v) is 16.0. The number of carboxylic acid groups (broad SMARTS) is 1. The third-order valence-corrected chi connectivity index (χ3v) is 5.20. The highest BCUT2D eigenvalue weighted by Crippen LogP contribution is 2.20. The number of unbranched alkanes of at least 4 members (excludes halogenated alkanes) is 10. The van der Waals surface area contributed by atoms with Crippen LogP contribution in [0.15, 0.2) is 0 Å².